The van der Waals surface area contributed by atoms with Crippen LogP contribution in [-0.4, -0.2) is 24.1 Å². The molecular formula is C25H22ClF4N3O2. The average molecular weight is 508 g/mol. The van der Waals surface area contributed by atoms with E-state index in [-0.39, 0.29) is 16.3 Å². The molecule has 0 heterocycles. The summed E-state index contributed by atoms with van der Waals surface area (Å²) < 4.78 is 60.1. The molecule has 3 rings (SSSR count). The zero-order valence-electron chi connectivity index (χ0n) is 18.7. The monoisotopic (exact) mass is 507 g/mol. The molecule has 0 saturated heterocycles. The Morgan fingerprint density at radius 2 is 1.74 bits per heavy atom. The molecule has 10 heteroatoms. The number of carbonyl (C=O) groups excluding carboxylic acids is 1. The first-order valence-electron chi connectivity index (χ1n) is 10.4. The van der Waals surface area contributed by atoms with Gasteiger partial charge in [0.1, 0.15) is 23.5 Å². The molecular weight excluding hydrogens is 486 g/mol. The molecule has 0 aliphatic heterocycles. The lowest BCUT2D eigenvalue weighted by molar-refractivity contribution is -0.144. The van der Waals surface area contributed by atoms with Gasteiger partial charge in [-0.05, 0) is 73.2 Å². The molecule has 3 aromatic rings. The Hall–Kier alpha value is -3.59. The Morgan fingerprint density at radius 1 is 1.06 bits per heavy atom. The second-order valence-corrected chi connectivity index (χ2v) is 8.35. The van der Waals surface area contributed by atoms with E-state index in [4.69, 9.17) is 21.7 Å². The van der Waals surface area contributed by atoms with Crippen LogP contribution in [0.1, 0.15) is 31.1 Å². The lowest BCUT2D eigenvalue weighted by atomic mass is 10.0. The van der Waals surface area contributed by atoms with Gasteiger partial charge in [-0.3, -0.25) is 4.79 Å². The van der Waals surface area contributed by atoms with Crippen LogP contribution >= 0.6 is 11.6 Å². The van der Waals surface area contributed by atoms with Crippen molar-refractivity contribution in [2.75, 3.05) is 5.32 Å². The third-order valence-electron chi connectivity index (χ3n) is 4.99. The van der Waals surface area contributed by atoms with Crippen LogP contribution < -0.4 is 15.4 Å². The van der Waals surface area contributed by atoms with Crippen LogP contribution in [0.3, 0.4) is 0 Å². The maximum atomic E-state index is 14.0. The molecule has 0 spiro atoms. The van der Waals surface area contributed by atoms with E-state index in [1.807, 2.05) is 0 Å². The quantitative estimate of drug-likeness (QED) is 0.224. The van der Waals surface area contributed by atoms with Crippen LogP contribution in [0.25, 0.3) is 0 Å². The molecule has 0 bridgehead atoms. The van der Waals surface area contributed by atoms with E-state index in [9.17, 15) is 22.4 Å². The molecule has 0 fully saturated rings. The number of anilines is 2. The van der Waals surface area contributed by atoms with Crippen LogP contribution in [0.15, 0.2) is 60.7 Å². The number of nitrogens with one attached hydrogen (secondary N) is 3. The topological polar surface area (TPSA) is 74.2 Å². The molecule has 0 aliphatic rings. The Bertz CT molecular complexity index is 1200. The largest absolute Gasteiger partial charge is 0.484 e. The van der Waals surface area contributed by atoms with Crippen LogP contribution in [0, 0.1) is 17.0 Å². The maximum Gasteiger partial charge on any atom is 0.321 e. The minimum absolute atomic E-state index is 0.0620. The molecule has 0 saturated carbocycles. The van der Waals surface area contributed by atoms with E-state index in [1.54, 1.807) is 12.1 Å². The number of hydrogen-bond donors (Lipinski definition) is 3. The first kappa shape index (κ1) is 26.0. The lowest BCUT2D eigenvalue weighted by Gasteiger charge is -2.28. The number of rotatable bonds is 9. The summed E-state index contributed by atoms with van der Waals surface area (Å²) in [5.74, 6) is -5.97. The second kappa shape index (κ2) is 10.8. The molecule has 0 aromatic heterocycles. The van der Waals surface area contributed by atoms with Crippen molar-refractivity contribution in [3.8, 4) is 5.75 Å². The van der Waals surface area contributed by atoms with E-state index in [2.05, 4.69) is 10.6 Å². The lowest BCUT2D eigenvalue weighted by Crippen LogP contribution is -2.46. The number of benzene rings is 3. The second-order valence-electron chi connectivity index (χ2n) is 7.92. The third-order valence-corrected chi connectivity index (χ3v) is 5.21. The van der Waals surface area contributed by atoms with Crippen molar-refractivity contribution in [2.24, 2.45) is 0 Å². The Morgan fingerprint density at radius 3 is 2.34 bits per heavy atom. The van der Waals surface area contributed by atoms with Crippen molar-refractivity contribution >= 4 is 35.1 Å². The third kappa shape index (κ3) is 6.95. The number of carbonyl (C=O) groups is 1. The minimum Gasteiger partial charge on any atom is -0.484 e. The van der Waals surface area contributed by atoms with Crippen molar-refractivity contribution in [3.63, 3.8) is 0 Å². The van der Waals surface area contributed by atoms with E-state index in [0.29, 0.717) is 23.9 Å². The first-order valence-corrected chi connectivity index (χ1v) is 10.8. The van der Waals surface area contributed by atoms with Crippen molar-refractivity contribution < 1.29 is 27.1 Å². The van der Waals surface area contributed by atoms with Crippen molar-refractivity contribution in [1.29, 1.82) is 5.41 Å². The van der Waals surface area contributed by atoms with Crippen molar-refractivity contribution in [2.45, 2.75) is 31.9 Å². The highest BCUT2D eigenvalue weighted by Crippen LogP contribution is 2.31. The Balaban J connectivity index is 1.91. The summed E-state index contributed by atoms with van der Waals surface area (Å²) in [7, 11) is 0. The number of alkyl halides is 2. The number of amides is 1. The van der Waals surface area contributed by atoms with Gasteiger partial charge in [-0.2, -0.15) is 8.78 Å². The predicted octanol–water partition coefficient (Wildman–Crippen LogP) is 6.64. The summed E-state index contributed by atoms with van der Waals surface area (Å²) in [5.41, 5.74) is 1.73. The SMILES string of the molecule is C[C@H](NC(=O)C(C)(F)F)[C@H](Oc1ccc(Nc2ccc(F)cc2)c(C=N)c1)c1cc(F)cc(Cl)c1. The predicted molar refractivity (Wildman–Crippen MR) is 127 cm³/mol. The van der Waals surface area contributed by atoms with E-state index >= 15 is 0 Å². The highest BCUT2D eigenvalue weighted by Gasteiger charge is 2.35. The summed E-state index contributed by atoms with van der Waals surface area (Å²) in [6.07, 6.45) is -0.0284. The average Bonchev–Trinajstić information content (AvgIpc) is 2.78. The Labute approximate surface area is 204 Å². The smallest absolute Gasteiger partial charge is 0.321 e. The van der Waals surface area contributed by atoms with Gasteiger partial charge in [0.25, 0.3) is 5.91 Å². The van der Waals surface area contributed by atoms with E-state index < -0.39 is 35.6 Å². The molecule has 5 nitrogen and oxygen atoms in total. The minimum atomic E-state index is -3.63. The zero-order valence-corrected chi connectivity index (χ0v) is 19.5. The van der Waals surface area contributed by atoms with Crippen LogP contribution in [0.2, 0.25) is 5.02 Å². The van der Waals surface area contributed by atoms with Gasteiger partial charge in [-0.1, -0.05) is 11.6 Å². The summed E-state index contributed by atoms with van der Waals surface area (Å²) in [6.45, 7) is 1.91. The maximum absolute atomic E-state index is 14.0. The fraction of sp³-hybridized carbons (Fsp3) is 0.200. The highest BCUT2D eigenvalue weighted by molar-refractivity contribution is 6.30. The molecule has 35 heavy (non-hydrogen) atoms. The number of hydrogen-bond acceptors (Lipinski definition) is 4. The van der Waals surface area contributed by atoms with Gasteiger partial charge < -0.3 is 20.8 Å². The summed E-state index contributed by atoms with van der Waals surface area (Å²) in [4.78, 5) is 11.9. The standard InChI is InChI=1S/C25H22ClF4N3O2/c1-14(32-24(34)25(2,29)30)23(15-9-17(26)12-19(28)10-15)35-21-7-8-22(16(11-21)13-31)33-20-5-3-18(27)4-6-20/h3-14,23,31,33H,1-2H3,(H,32,34)/t14-,23-/m0/s1. The van der Waals surface area contributed by atoms with Gasteiger partial charge in [-0.15, -0.1) is 0 Å². The molecule has 0 aliphatic carbocycles. The fourth-order valence-electron chi connectivity index (χ4n) is 3.29. The van der Waals surface area contributed by atoms with Gasteiger partial charge in [0.15, 0.2) is 0 Å². The summed E-state index contributed by atoms with van der Waals surface area (Å²) in [5, 5.41) is 13.1. The molecule has 0 unspecified atom stereocenters. The van der Waals surface area contributed by atoms with Crippen LogP contribution in [0.4, 0.5) is 28.9 Å². The van der Waals surface area contributed by atoms with Gasteiger partial charge in [0, 0.05) is 35.1 Å². The number of halogens is 5. The van der Waals surface area contributed by atoms with Crippen LogP contribution in [-0.2, 0) is 4.79 Å². The molecule has 1 amide bonds. The molecule has 0 radical (unpaired) electrons. The number of ether oxygens (including phenoxy) is 1. The zero-order chi connectivity index (χ0) is 25.8. The van der Waals surface area contributed by atoms with E-state index in [0.717, 1.165) is 18.3 Å². The van der Waals surface area contributed by atoms with E-state index in [1.165, 1.54) is 43.3 Å². The van der Waals surface area contributed by atoms with Gasteiger partial charge in [0.05, 0.1) is 6.04 Å². The fourth-order valence-corrected chi connectivity index (χ4v) is 3.52. The normalized spacial score (nSPS) is 13.0. The molecule has 3 N–H and O–H groups in total. The Kier molecular flexibility index (Phi) is 8.01. The highest BCUT2D eigenvalue weighted by atomic mass is 35.5. The van der Waals surface area contributed by atoms with Gasteiger partial charge in [0.2, 0.25) is 0 Å². The summed E-state index contributed by atoms with van der Waals surface area (Å²) in [6, 6.07) is 12.9. The molecule has 3 aromatic carbocycles. The van der Waals surface area contributed by atoms with Gasteiger partial charge >= 0.3 is 5.92 Å². The summed E-state index contributed by atoms with van der Waals surface area (Å²) >= 11 is 5.97. The van der Waals surface area contributed by atoms with Crippen LogP contribution in [0.5, 0.6) is 5.75 Å². The van der Waals surface area contributed by atoms with Crippen molar-refractivity contribution in [3.05, 3.63) is 88.4 Å². The first-order chi connectivity index (χ1) is 16.5. The molecule has 2 atom stereocenters. The molecule has 184 valence electrons. The van der Waals surface area contributed by atoms with Gasteiger partial charge in [-0.25, -0.2) is 8.78 Å². The van der Waals surface area contributed by atoms with Crippen molar-refractivity contribution in [1.82, 2.24) is 5.32 Å².